The van der Waals surface area contributed by atoms with Crippen molar-refractivity contribution in [1.29, 1.82) is 5.26 Å². The van der Waals surface area contributed by atoms with E-state index in [4.69, 9.17) is 10.00 Å². The van der Waals surface area contributed by atoms with Crippen LogP contribution in [0.2, 0.25) is 0 Å². The zero-order chi connectivity index (χ0) is 30.8. The number of nitrogens with one attached hydrogen (secondary N) is 1. The summed E-state index contributed by atoms with van der Waals surface area (Å²) in [6, 6.07) is 18.7. The van der Waals surface area contributed by atoms with Crippen LogP contribution < -0.4 is 15.0 Å². The number of nitrogens with zero attached hydrogens (tertiary/aromatic N) is 4. The number of aliphatic hydroxyl groups excluding tert-OH is 1. The molecule has 0 aromatic heterocycles. The Kier molecular flexibility index (Phi) is 8.28. The van der Waals surface area contributed by atoms with Gasteiger partial charge in [-0.05, 0) is 47.9 Å². The first kappa shape index (κ1) is 29.3. The highest BCUT2D eigenvalue weighted by Gasteiger charge is 2.40. The molecule has 2 N–H and O–H groups in total. The van der Waals surface area contributed by atoms with Crippen molar-refractivity contribution in [2.24, 2.45) is 0 Å². The van der Waals surface area contributed by atoms with Crippen molar-refractivity contribution < 1.29 is 28.6 Å². The first-order valence-corrected chi connectivity index (χ1v) is 14.6. The van der Waals surface area contributed by atoms with Gasteiger partial charge in [-0.1, -0.05) is 30.3 Å². The Hall–Kier alpha value is -4.79. The van der Waals surface area contributed by atoms with Gasteiger partial charge in [0, 0.05) is 43.7 Å². The van der Waals surface area contributed by atoms with Crippen molar-refractivity contribution in [2.75, 3.05) is 37.7 Å². The van der Waals surface area contributed by atoms with Crippen molar-refractivity contribution in [1.82, 2.24) is 15.1 Å². The van der Waals surface area contributed by atoms with Crippen molar-refractivity contribution in [3.05, 3.63) is 94.3 Å². The third-order valence-corrected chi connectivity index (χ3v) is 8.64. The number of hydrogen-bond donors (Lipinski definition) is 2. The number of ether oxygens (including phenoxy) is 1. The average molecular weight is 598 g/mol. The van der Waals surface area contributed by atoms with Crippen molar-refractivity contribution >= 4 is 23.4 Å². The van der Waals surface area contributed by atoms with Crippen molar-refractivity contribution in [2.45, 2.75) is 38.1 Å². The number of aliphatic hydroxyl groups is 1. The SMILES string of the molecule is N#Cc1ccc(N2CCN(C(CO)c3ccc(COc4cccc5c4CN([C@H]4CCC(=O)NC4=O)C5=O)cc3)CC2)c(F)c1. The molecule has 0 bridgehead atoms. The highest BCUT2D eigenvalue weighted by Crippen LogP contribution is 2.34. The third kappa shape index (κ3) is 5.74. The summed E-state index contributed by atoms with van der Waals surface area (Å²) in [5.41, 5.74) is 3.86. The minimum absolute atomic E-state index is 0.0606. The fourth-order valence-electron chi connectivity index (χ4n) is 6.23. The molecule has 10 nitrogen and oxygen atoms in total. The molecule has 226 valence electrons. The molecule has 2 saturated heterocycles. The van der Waals surface area contributed by atoms with E-state index >= 15 is 0 Å². The molecule has 3 aromatic rings. The number of nitriles is 1. The summed E-state index contributed by atoms with van der Waals surface area (Å²) in [6.07, 6.45) is 0.495. The number of piperazine rings is 1. The molecule has 1 unspecified atom stereocenters. The van der Waals surface area contributed by atoms with E-state index in [1.54, 1.807) is 30.3 Å². The molecular weight excluding hydrogens is 565 g/mol. The van der Waals surface area contributed by atoms with Crippen molar-refractivity contribution in [3.8, 4) is 11.8 Å². The molecule has 0 radical (unpaired) electrons. The van der Waals surface area contributed by atoms with Crippen LogP contribution in [0.5, 0.6) is 5.75 Å². The first-order chi connectivity index (χ1) is 21.4. The van der Waals surface area contributed by atoms with Gasteiger partial charge in [-0.15, -0.1) is 0 Å². The highest BCUT2D eigenvalue weighted by atomic mass is 19.1. The smallest absolute Gasteiger partial charge is 0.255 e. The molecule has 0 aliphatic carbocycles. The van der Waals surface area contributed by atoms with Gasteiger partial charge in [-0.25, -0.2) is 4.39 Å². The Balaban J connectivity index is 1.07. The molecule has 3 aromatic carbocycles. The van der Waals surface area contributed by atoms with E-state index in [1.165, 1.54) is 11.0 Å². The first-order valence-electron chi connectivity index (χ1n) is 14.6. The van der Waals surface area contributed by atoms with Gasteiger partial charge in [0.25, 0.3) is 5.91 Å². The van der Waals surface area contributed by atoms with Crippen LogP contribution in [-0.4, -0.2) is 71.5 Å². The van der Waals surface area contributed by atoms with Crippen LogP contribution in [0, 0.1) is 17.1 Å². The number of carbonyl (C=O) groups excluding carboxylic acids is 3. The Labute approximate surface area is 254 Å². The fourth-order valence-corrected chi connectivity index (χ4v) is 6.23. The molecule has 6 rings (SSSR count). The maximum absolute atomic E-state index is 14.5. The molecule has 2 atom stereocenters. The summed E-state index contributed by atoms with van der Waals surface area (Å²) in [5, 5.41) is 21.6. The maximum Gasteiger partial charge on any atom is 0.255 e. The summed E-state index contributed by atoms with van der Waals surface area (Å²) in [7, 11) is 0. The Bertz CT molecular complexity index is 1630. The highest BCUT2D eigenvalue weighted by molar-refractivity contribution is 6.05. The molecule has 11 heteroatoms. The lowest BCUT2D eigenvalue weighted by atomic mass is 10.0. The number of benzene rings is 3. The number of fused-ring (bicyclic) bond motifs is 1. The van der Waals surface area contributed by atoms with Gasteiger partial charge in [-0.2, -0.15) is 5.26 Å². The molecule has 2 fully saturated rings. The standard InChI is InChI=1S/C33H32FN5O5/c34-26-16-22(17-35)6-9-27(26)37-12-14-38(15-13-37)29(19-40)23-7-4-21(5-8-23)20-44-30-3-1-2-24-25(30)18-39(33(24)43)28-10-11-31(41)36-32(28)42/h1-9,16,28-29,40H,10-15,18-20H2,(H,36,41,42)/t28-,29?/m0/s1. The largest absolute Gasteiger partial charge is 0.489 e. The van der Waals surface area contributed by atoms with Crippen LogP contribution in [0.3, 0.4) is 0 Å². The molecule has 3 aliphatic rings. The second kappa shape index (κ2) is 12.4. The molecule has 0 spiro atoms. The van der Waals surface area contributed by atoms with Crippen LogP contribution in [0.1, 0.15) is 51.5 Å². The molecular formula is C33H32FN5O5. The van der Waals surface area contributed by atoms with Crippen molar-refractivity contribution in [3.63, 3.8) is 0 Å². The van der Waals surface area contributed by atoms with E-state index in [2.05, 4.69) is 10.2 Å². The number of imide groups is 1. The van der Waals surface area contributed by atoms with Gasteiger partial charge in [0.1, 0.15) is 24.2 Å². The predicted molar refractivity (Wildman–Crippen MR) is 158 cm³/mol. The van der Waals surface area contributed by atoms with E-state index in [9.17, 15) is 23.9 Å². The molecule has 0 saturated carbocycles. The monoisotopic (exact) mass is 597 g/mol. The Morgan fingerprint density at radius 2 is 1.82 bits per heavy atom. The lowest BCUT2D eigenvalue weighted by Gasteiger charge is -2.40. The molecule has 44 heavy (non-hydrogen) atoms. The van der Waals surface area contributed by atoms with Gasteiger partial charge in [0.15, 0.2) is 0 Å². The Morgan fingerprint density at radius 1 is 1.05 bits per heavy atom. The number of halogens is 1. The van der Waals surface area contributed by atoms with Gasteiger partial charge in [-0.3, -0.25) is 24.6 Å². The van der Waals surface area contributed by atoms with Gasteiger partial charge in [0.05, 0.1) is 36.5 Å². The number of piperidine rings is 1. The van der Waals surface area contributed by atoms with Crippen LogP contribution in [0.25, 0.3) is 0 Å². The zero-order valence-electron chi connectivity index (χ0n) is 24.0. The van der Waals surface area contributed by atoms with E-state index in [0.29, 0.717) is 55.2 Å². The summed E-state index contributed by atoms with van der Waals surface area (Å²) >= 11 is 0. The second-order valence-electron chi connectivity index (χ2n) is 11.2. The lowest BCUT2D eigenvalue weighted by molar-refractivity contribution is -0.136. The zero-order valence-corrected chi connectivity index (χ0v) is 24.0. The summed E-state index contributed by atoms with van der Waals surface area (Å²) in [6.45, 7) is 2.91. The van der Waals surface area contributed by atoms with Crippen LogP contribution in [0.4, 0.5) is 10.1 Å². The van der Waals surface area contributed by atoms with Gasteiger partial charge in [0.2, 0.25) is 11.8 Å². The molecule has 3 heterocycles. The number of rotatable bonds is 8. The minimum atomic E-state index is -0.687. The lowest BCUT2D eigenvalue weighted by Crippen LogP contribution is -2.52. The van der Waals surface area contributed by atoms with Crippen LogP contribution >= 0.6 is 0 Å². The summed E-state index contributed by atoms with van der Waals surface area (Å²) in [4.78, 5) is 42.7. The van der Waals surface area contributed by atoms with E-state index in [-0.39, 0.29) is 44.0 Å². The number of carbonyl (C=O) groups is 3. The summed E-state index contributed by atoms with van der Waals surface area (Å²) < 4.78 is 20.7. The van der Waals surface area contributed by atoms with E-state index in [0.717, 1.165) is 16.7 Å². The quantitative estimate of drug-likeness (QED) is 0.380. The van der Waals surface area contributed by atoms with E-state index in [1.807, 2.05) is 35.2 Å². The Morgan fingerprint density at radius 3 is 2.50 bits per heavy atom. The number of anilines is 1. The van der Waals surface area contributed by atoms with Gasteiger partial charge >= 0.3 is 0 Å². The predicted octanol–water partition coefficient (Wildman–Crippen LogP) is 2.89. The minimum Gasteiger partial charge on any atom is -0.489 e. The number of hydrogen-bond acceptors (Lipinski definition) is 8. The molecule has 3 aliphatic heterocycles. The molecule has 3 amide bonds. The fraction of sp³-hybridized carbons (Fsp3) is 0.333. The second-order valence-corrected chi connectivity index (χ2v) is 11.2. The topological polar surface area (TPSA) is 126 Å². The summed E-state index contributed by atoms with van der Waals surface area (Å²) in [5.74, 6) is -0.864. The van der Waals surface area contributed by atoms with E-state index < -0.39 is 17.8 Å². The third-order valence-electron chi connectivity index (χ3n) is 8.64. The number of amides is 3. The normalized spacial score (nSPS) is 19.4. The van der Waals surface area contributed by atoms with Crippen LogP contribution in [0.15, 0.2) is 60.7 Å². The average Bonchev–Trinajstić information content (AvgIpc) is 3.37. The van der Waals surface area contributed by atoms with Gasteiger partial charge < -0.3 is 19.6 Å². The maximum atomic E-state index is 14.5. The van der Waals surface area contributed by atoms with Crippen LogP contribution in [-0.2, 0) is 22.7 Å².